The lowest BCUT2D eigenvalue weighted by atomic mass is 10.1. The molecule has 0 saturated heterocycles. The molecule has 2 aromatic carbocycles. The second kappa shape index (κ2) is 7.37. The van der Waals surface area contributed by atoms with Crippen LogP contribution in [0.5, 0.6) is 5.75 Å². The molecule has 0 bridgehead atoms. The predicted molar refractivity (Wildman–Crippen MR) is 97.9 cm³/mol. The van der Waals surface area contributed by atoms with E-state index in [-0.39, 0.29) is 0 Å². The van der Waals surface area contributed by atoms with Crippen molar-refractivity contribution in [2.24, 2.45) is 14.1 Å². The van der Waals surface area contributed by atoms with Crippen molar-refractivity contribution in [3.63, 3.8) is 0 Å². The summed E-state index contributed by atoms with van der Waals surface area (Å²) in [6, 6.07) is 20.5. The first-order valence-electron chi connectivity index (χ1n) is 7.82. The molecule has 0 aliphatic carbocycles. The highest BCUT2D eigenvalue weighted by Crippen LogP contribution is 2.37. The van der Waals surface area contributed by atoms with Gasteiger partial charge in [-0.15, -0.1) is 4.68 Å². The van der Waals surface area contributed by atoms with Gasteiger partial charge in [-0.25, -0.2) is 0 Å². The molecule has 4 heteroatoms. The number of aromatic nitrogens is 2. The van der Waals surface area contributed by atoms with Crippen molar-refractivity contribution in [1.29, 1.82) is 0 Å². The second-order valence-corrected chi connectivity index (χ2v) is 5.73. The fourth-order valence-corrected chi connectivity index (χ4v) is 2.91. The average Bonchev–Trinajstić information content (AvgIpc) is 2.87. The Morgan fingerprint density at radius 1 is 1.00 bits per heavy atom. The van der Waals surface area contributed by atoms with Crippen molar-refractivity contribution in [2.75, 3.05) is 6.61 Å². The SMILES string of the molecule is Cn1c(-c2ccccc2)c(OC/C=C/Cl)c(-c2ccccc2)[n+]1C. The molecule has 3 nitrogen and oxygen atoms in total. The molecule has 0 radical (unpaired) electrons. The molecule has 24 heavy (non-hydrogen) atoms. The van der Waals surface area contributed by atoms with Crippen LogP contribution in [-0.4, -0.2) is 11.3 Å². The number of halogens is 1. The molecule has 0 amide bonds. The van der Waals surface area contributed by atoms with E-state index in [2.05, 4.69) is 33.6 Å². The molecule has 0 aliphatic rings. The van der Waals surface area contributed by atoms with Gasteiger partial charge < -0.3 is 4.74 Å². The summed E-state index contributed by atoms with van der Waals surface area (Å²) < 4.78 is 10.3. The van der Waals surface area contributed by atoms with Crippen molar-refractivity contribution < 1.29 is 9.42 Å². The van der Waals surface area contributed by atoms with Gasteiger partial charge in [-0.3, -0.25) is 0 Å². The van der Waals surface area contributed by atoms with Crippen LogP contribution in [0.25, 0.3) is 22.5 Å². The van der Waals surface area contributed by atoms with Gasteiger partial charge in [0.05, 0.1) is 12.6 Å². The molecule has 0 unspecified atom stereocenters. The number of hydrogen-bond donors (Lipinski definition) is 0. The highest BCUT2D eigenvalue weighted by atomic mass is 35.5. The van der Waals surface area contributed by atoms with Crippen LogP contribution in [0.15, 0.2) is 72.3 Å². The van der Waals surface area contributed by atoms with Gasteiger partial charge in [0.1, 0.15) is 6.61 Å². The normalized spacial score (nSPS) is 11.1. The highest BCUT2D eigenvalue weighted by Gasteiger charge is 2.29. The lowest BCUT2D eigenvalue weighted by Gasteiger charge is -2.05. The van der Waals surface area contributed by atoms with Crippen molar-refractivity contribution >= 4 is 11.6 Å². The van der Waals surface area contributed by atoms with Gasteiger partial charge >= 0.3 is 0 Å². The minimum Gasteiger partial charge on any atom is -0.481 e. The summed E-state index contributed by atoms with van der Waals surface area (Å²) in [5.74, 6) is 0.854. The maximum absolute atomic E-state index is 6.11. The summed E-state index contributed by atoms with van der Waals surface area (Å²) in [6.45, 7) is 0.424. The molecule has 0 N–H and O–H groups in total. The Morgan fingerprint density at radius 3 is 2.17 bits per heavy atom. The first-order valence-corrected chi connectivity index (χ1v) is 8.25. The smallest absolute Gasteiger partial charge is 0.280 e. The fourth-order valence-electron chi connectivity index (χ4n) is 2.84. The zero-order valence-electron chi connectivity index (χ0n) is 13.8. The van der Waals surface area contributed by atoms with Crippen molar-refractivity contribution in [3.8, 4) is 28.3 Å². The fraction of sp³-hybridized carbons (Fsp3) is 0.150. The number of ether oxygens (including phenoxy) is 1. The van der Waals surface area contributed by atoms with E-state index in [0.717, 1.165) is 28.3 Å². The summed E-state index contributed by atoms with van der Waals surface area (Å²) in [7, 11) is 4.08. The molecule has 3 aromatic rings. The first kappa shape index (κ1) is 16.3. The van der Waals surface area contributed by atoms with Crippen LogP contribution in [-0.2, 0) is 14.1 Å². The second-order valence-electron chi connectivity index (χ2n) is 5.48. The molecular weight excluding hydrogens is 320 g/mol. The van der Waals surface area contributed by atoms with E-state index in [9.17, 15) is 0 Å². The minimum atomic E-state index is 0.424. The molecule has 0 aliphatic heterocycles. The zero-order valence-corrected chi connectivity index (χ0v) is 14.6. The number of benzene rings is 2. The van der Waals surface area contributed by atoms with Gasteiger partial charge in [0.2, 0.25) is 5.75 Å². The lowest BCUT2D eigenvalue weighted by molar-refractivity contribution is -0.740. The van der Waals surface area contributed by atoms with Gasteiger partial charge in [-0.05, 0) is 18.2 Å². The van der Waals surface area contributed by atoms with E-state index in [1.54, 1.807) is 6.08 Å². The monoisotopic (exact) mass is 339 g/mol. The van der Waals surface area contributed by atoms with Gasteiger partial charge in [-0.1, -0.05) is 60.1 Å². The highest BCUT2D eigenvalue weighted by molar-refractivity contribution is 6.25. The van der Waals surface area contributed by atoms with Gasteiger partial charge in [0.15, 0.2) is 12.7 Å². The Balaban J connectivity index is 2.21. The predicted octanol–water partition coefficient (Wildman–Crippen LogP) is 4.31. The maximum Gasteiger partial charge on any atom is 0.280 e. The molecule has 0 saturated carbocycles. The van der Waals surface area contributed by atoms with Crippen LogP contribution in [0.3, 0.4) is 0 Å². The largest absolute Gasteiger partial charge is 0.481 e. The Bertz CT molecular complexity index is 776. The summed E-state index contributed by atoms with van der Waals surface area (Å²) in [5, 5.41) is 0. The molecule has 3 rings (SSSR count). The summed E-state index contributed by atoms with van der Waals surface area (Å²) in [4.78, 5) is 0. The summed E-state index contributed by atoms with van der Waals surface area (Å²) in [6.07, 6.45) is 1.79. The van der Waals surface area contributed by atoms with E-state index in [1.807, 2.05) is 50.5 Å². The molecular formula is C20H20ClN2O+. The first-order chi connectivity index (χ1) is 11.7. The Labute approximate surface area is 147 Å². The Morgan fingerprint density at radius 2 is 1.58 bits per heavy atom. The molecule has 122 valence electrons. The molecule has 0 fully saturated rings. The zero-order chi connectivity index (χ0) is 16.9. The van der Waals surface area contributed by atoms with Crippen molar-refractivity contribution in [3.05, 3.63) is 72.3 Å². The number of nitrogens with zero attached hydrogens (tertiary/aromatic N) is 2. The summed E-state index contributed by atoms with van der Waals surface area (Å²) in [5.41, 5.74) is 5.79. The van der Waals surface area contributed by atoms with Gasteiger partial charge in [0, 0.05) is 11.1 Å². The van der Waals surface area contributed by atoms with Crippen LogP contribution in [0.1, 0.15) is 0 Å². The third-order valence-electron chi connectivity index (χ3n) is 4.03. The number of rotatable bonds is 5. The molecule has 0 atom stereocenters. The Kier molecular flexibility index (Phi) is 5.02. The van der Waals surface area contributed by atoms with E-state index in [1.165, 1.54) is 5.54 Å². The topological polar surface area (TPSA) is 18.0 Å². The van der Waals surface area contributed by atoms with Crippen LogP contribution in [0, 0.1) is 0 Å². The molecule has 1 aromatic heterocycles. The van der Waals surface area contributed by atoms with Crippen LogP contribution in [0.2, 0.25) is 0 Å². The summed E-state index contributed by atoms with van der Waals surface area (Å²) >= 11 is 5.65. The maximum atomic E-state index is 6.11. The Hall–Kier alpha value is -2.52. The third-order valence-corrected chi connectivity index (χ3v) is 4.21. The van der Waals surface area contributed by atoms with Crippen LogP contribution >= 0.6 is 11.6 Å². The van der Waals surface area contributed by atoms with Crippen LogP contribution < -0.4 is 9.42 Å². The van der Waals surface area contributed by atoms with Crippen LogP contribution in [0.4, 0.5) is 0 Å². The third kappa shape index (κ3) is 3.08. The number of hydrogen-bond acceptors (Lipinski definition) is 1. The van der Waals surface area contributed by atoms with E-state index in [4.69, 9.17) is 16.3 Å². The van der Waals surface area contributed by atoms with E-state index in [0.29, 0.717) is 6.61 Å². The van der Waals surface area contributed by atoms with E-state index >= 15 is 0 Å². The van der Waals surface area contributed by atoms with Crippen molar-refractivity contribution in [1.82, 2.24) is 4.68 Å². The quantitative estimate of drug-likeness (QED) is 0.633. The average molecular weight is 340 g/mol. The minimum absolute atomic E-state index is 0.424. The van der Waals surface area contributed by atoms with Gasteiger partial charge in [0.25, 0.3) is 5.69 Å². The standard InChI is InChI=1S/C20H20ClN2O/c1-22-18(16-10-5-3-6-11-16)20(24-15-9-14-21)19(23(22)2)17-12-7-4-8-13-17/h3-14H,15H2,1-2H3/q+1/b14-9+. The van der Waals surface area contributed by atoms with Crippen molar-refractivity contribution in [2.45, 2.75) is 0 Å². The van der Waals surface area contributed by atoms with E-state index < -0.39 is 0 Å². The lowest BCUT2D eigenvalue weighted by Crippen LogP contribution is -2.39. The molecule has 0 spiro atoms. The molecule has 1 heterocycles. The van der Waals surface area contributed by atoms with Gasteiger partial charge in [-0.2, -0.15) is 4.68 Å².